The number of carbonyl (C=O) groups is 1. The van der Waals surface area contributed by atoms with Crippen molar-refractivity contribution in [2.24, 2.45) is 5.73 Å². The molecule has 46 heavy (non-hydrogen) atoms. The van der Waals surface area contributed by atoms with E-state index in [1.54, 1.807) is 31.2 Å². The number of hydrogen-bond acceptors (Lipinski definition) is 7. The van der Waals surface area contributed by atoms with Crippen LogP contribution in [-0.4, -0.2) is 67.5 Å². The molecule has 4 aromatic rings. The van der Waals surface area contributed by atoms with Gasteiger partial charge >= 0.3 is 5.97 Å². The number of aromatic nitrogens is 2. The summed E-state index contributed by atoms with van der Waals surface area (Å²) in [6, 6.07) is 21.7. The maximum absolute atomic E-state index is 14.0. The Morgan fingerprint density at radius 3 is 2.41 bits per heavy atom. The molecular formula is C35H44N6O4S. The van der Waals surface area contributed by atoms with Gasteiger partial charge in [-0.3, -0.25) is 14.5 Å². The molecule has 11 heteroatoms. The smallest absolute Gasteiger partial charge is 0.305 e. The zero-order chi connectivity index (χ0) is 32.5. The van der Waals surface area contributed by atoms with Crippen molar-refractivity contribution in [2.45, 2.75) is 63.3 Å². The van der Waals surface area contributed by atoms with Crippen molar-refractivity contribution >= 4 is 38.5 Å². The molecule has 0 bridgehead atoms. The van der Waals surface area contributed by atoms with E-state index in [1.165, 1.54) is 23.6 Å². The number of piperidine rings is 1. The number of benzene rings is 3. The van der Waals surface area contributed by atoms with Crippen LogP contribution in [0.1, 0.15) is 62.4 Å². The summed E-state index contributed by atoms with van der Waals surface area (Å²) in [4.78, 5) is 19.8. The van der Waals surface area contributed by atoms with Crippen LogP contribution in [0.3, 0.4) is 0 Å². The Morgan fingerprint density at radius 2 is 1.72 bits per heavy atom. The maximum atomic E-state index is 14.0. The first-order valence-electron chi connectivity index (χ1n) is 16.1. The van der Waals surface area contributed by atoms with Crippen LogP contribution in [0, 0.1) is 5.41 Å². The third kappa shape index (κ3) is 8.13. The highest BCUT2D eigenvalue weighted by molar-refractivity contribution is 7.92. The average Bonchev–Trinajstić information content (AvgIpc) is 3.40. The number of nitrogens with one attached hydrogen (secondary N) is 1. The van der Waals surface area contributed by atoms with Gasteiger partial charge in [0.15, 0.2) is 0 Å². The van der Waals surface area contributed by atoms with E-state index in [9.17, 15) is 13.2 Å². The van der Waals surface area contributed by atoms with E-state index in [4.69, 9.17) is 20.9 Å². The van der Waals surface area contributed by atoms with Crippen LogP contribution in [0.15, 0.2) is 77.7 Å². The summed E-state index contributed by atoms with van der Waals surface area (Å²) in [6.45, 7) is 6.02. The van der Waals surface area contributed by atoms with Gasteiger partial charge in [0.2, 0.25) is 0 Å². The summed E-state index contributed by atoms with van der Waals surface area (Å²) < 4.78 is 36.8. The van der Waals surface area contributed by atoms with E-state index in [-0.39, 0.29) is 16.7 Å². The minimum Gasteiger partial charge on any atom is -0.466 e. The standard InChI is InChI=1S/C35H44N6O4S/c1-2-45-34(42)13-9-23-40-32-19-18-29(26-31(32)38-33(40)25-27-14-16-28(17-15-27)35(36)37)41(24-10-22-39-20-7-4-8-21-39)46(43,44)30-11-5-3-6-12-30/h3,5-6,11-12,14-19,26H,2,4,7-10,13,20-25H2,1H3,(H3,36,37). The number of aryl methyl sites for hydroxylation is 1. The fourth-order valence-electron chi connectivity index (χ4n) is 6.04. The van der Waals surface area contributed by atoms with Crippen molar-refractivity contribution in [2.75, 3.05) is 37.1 Å². The molecule has 3 aromatic carbocycles. The number of likely N-dealkylation sites (tertiary alicyclic amines) is 1. The molecular weight excluding hydrogens is 600 g/mol. The molecule has 1 saturated heterocycles. The number of nitrogen functional groups attached to an aromatic ring is 1. The Hall–Kier alpha value is -4.22. The number of imidazole rings is 1. The highest BCUT2D eigenvalue weighted by atomic mass is 32.2. The highest BCUT2D eigenvalue weighted by Crippen LogP contribution is 2.29. The number of hydrogen-bond donors (Lipinski definition) is 2. The first kappa shape index (κ1) is 33.2. The Balaban J connectivity index is 1.47. The number of sulfonamides is 1. The topological polar surface area (TPSA) is 135 Å². The summed E-state index contributed by atoms with van der Waals surface area (Å²) in [6.07, 6.45) is 5.73. The predicted molar refractivity (Wildman–Crippen MR) is 182 cm³/mol. The first-order valence-corrected chi connectivity index (χ1v) is 17.6. The van der Waals surface area contributed by atoms with E-state index in [0.717, 1.165) is 36.5 Å². The van der Waals surface area contributed by atoms with Gasteiger partial charge in [-0.1, -0.05) is 48.9 Å². The van der Waals surface area contributed by atoms with E-state index in [0.29, 0.717) is 62.1 Å². The Morgan fingerprint density at radius 1 is 0.978 bits per heavy atom. The molecule has 0 radical (unpaired) electrons. The average molecular weight is 645 g/mol. The van der Waals surface area contributed by atoms with Crippen molar-refractivity contribution in [1.82, 2.24) is 14.5 Å². The Bertz CT molecular complexity index is 1730. The molecule has 1 fully saturated rings. The normalized spacial score (nSPS) is 13.9. The lowest BCUT2D eigenvalue weighted by molar-refractivity contribution is -0.143. The third-order valence-corrected chi connectivity index (χ3v) is 10.3. The van der Waals surface area contributed by atoms with Gasteiger partial charge in [0.1, 0.15) is 11.7 Å². The van der Waals surface area contributed by atoms with E-state index < -0.39 is 10.0 Å². The molecule has 0 spiro atoms. The minimum atomic E-state index is -3.82. The zero-order valence-electron chi connectivity index (χ0n) is 26.5. The van der Waals surface area contributed by atoms with Crippen LogP contribution in [0.5, 0.6) is 0 Å². The number of amidine groups is 1. The molecule has 244 valence electrons. The molecule has 1 aliphatic rings. The second-order valence-electron chi connectivity index (χ2n) is 11.7. The lowest BCUT2D eigenvalue weighted by Gasteiger charge is -2.29. The van der Waals surface area contributed by atoms with Crippen LogP contribution in [-0.2, 0) is 32.5 Å². The second-order valence-corrected chi connectivity index (χ2v) is 13.6. The predicted octanol–water partition coefficient (Wildman–Crippen LogP) is 5.33. The largest absolute Gasteiger partial charge is 0.466 e. The monoisotopic (exact) mass is 644 g/mol. The van der Waals surface area contributed by atoms with E-state index in [1.807, 2.05) is 48.5 Å². The van der Waals surface area contributed by atoms with Crippen molar-refractivity contribution in [3.8, 4) is 0 Å². The Labute approximate surface area is 271 Å². The minimum absolute atomic E-state index is 0.0104. The van der Waals surface area contributed by atoms with E-state index >= 15 is 0 Å². The molecule has 1 aliphatic heterocycles. The Kier molecular flexibility index (Phi) is 11.1. The number of ether oxygens (including phenoxy) is 1. The number of nitrogens with zero attached hydrogens (tertiary/aromatic N) is 4. The van der Waals surface area contributed by atoms with Crippen LogP contribution in [0.4, 0.5) is 5.69 Å². The number of anilines is 1. The molecule has 5 rings (SSSR count). The van der Waals surface area contributed by atoms with Crippen molar-refractivity contribution < 1.29 is 17.9 Å². The van der Waals surface area contributed by atoms with Gasteiger partial charge in [-0.25, -0.2) is 13.4 Å². The molecule has 0 unspecified atom stereocenters. The lowest BCUT2D eigenvalue weighted by atomic mass is 10.1. The summed E-state index contributed by atoms with van der Waals surface area (Å²) >= 11 is 0. The van der Waals surface area contributed by atoms with Gasteiger partial charge in [-0.2, -0.15) is 0 Å². The van der Waals surface area contributed by atoms with Gasteiger partial charge in [-0.05, 0) is 88.1 Å². The van der Waals surface area contributed by atoms with Crippen LogP contribution < -0.4 is 10.0 Å². The summed E-state index contributed by atoms with van der Waals surface area (Å²) in [5.41, 5.74) is 9.42. The quantitative estimate of drug-likeness (QED) is 0.102. The number of rotatable bonds is 15. The summed E-state index contributed by atoms with van der Waals surface area (Å²) in [5, 5.41) is 7.70. The number of carbonyl (C=O) groups excluding carboxylic acids is 1. The third-order valence-electron chi connectivity index (χ3n) is 8.41. The SMILES string of the molecule is CCOC(=O)CCCn1c(Cc2ccc(C(=N)N)cc2)nc2cc(N(CCCN3CCCCC3)S(=O)(=O)c3ccccc3)ccc21. The van der Waals surface area contributed by atoms with Gasteiger partial charge in [-0.15, -0.1) is 0 Å². The van der Waals surface area contributed by atoms with Gasteiger partial charge in [0.05, 0.1) is 28.2 Å². The second kappa shape index (κ2) is 15.4. The van der Waals surface area contributed by atoms with Crippen LogP contribution >= 0.6 is 0 Å². The number of esters is 1. The summed E-state index contributed by atoms with van der Waals surface area (Å²) in [7, 11) is -3.82. The molecule has 0 atom stereocenters. The molecule has 0 saturated carbocycles. The number of nitrogens with two attached hydrogens (primary N) is 1. The molecule has 2 heterocycles. The molecule has 0 aliphatic carbocycles. The fraction of sp³-hybridized carbons (Fsp3) is 0.400. The zero-order valence-corrected chi connectivity index (χ0v) is 27.3. The maximum Gasteiger partial charge on any atom is 0.305 e. The lowest BCUT2D eigenvalue weighted by Crippen LogP contribution is -2.36. The molecule has 0 amide bonds. The summed E-state index contributed by atoms with van der Waals surface area (Å²) in [5.74, 6) is 0.576. The van der Waals surface area contributed by atoms with Gasteiger partial charge in [0, 0.05) is 31.5 Å². The molecule has 3 N–H and O–H groups in total. The van der Waals surface area contributed by atoms with Gasteiger partial charge < -0.3 is 19.9 Å². The molecule has 10 nitrogen and oxygen atoms in total. The van der Waals surface area contributed by atoms with Crippen molar-refractivity contribution in [3.63, 3.8) is 0 Å². The van der Waals surface area contributed by atoms with Gasteiger partial charge in [0.25, 0.3) is 10.0 Å². The van der Waals surface area contributed by atoms with Crippen LogP contribution in [0.2, 0.25) is 0 Å². The van der Waals surface area contributed by atoms with Crippen molar-refractivity contribution in [3.05, 3.63) is 89.7 Å². The first-order chi connectivity index (χ1) is 22.3. The van der Waals surface area contributed by atoms with Crippen LogP contribution in [0.25, 0.3) is 11.0 Å². The fourth-order valence-corrected chi connectivity index (χ4v) is 7.55. The highest BCUT2D eigenvalue weighted by Gasteiger charge is 2.26. The number of fused-ring (bicyclic) bond motifs is 1. The van der Waals surface area contributed by atoms with E-state index in [2.05, 4.69) is 9.47 Å². The molecule has 1 aromatic heterocycles. The van der Waals surface area contributed by atoms with Crippen molar-refractivity contribution in [1.29, 1.82) is 5.41 Å².